The summed E-state index contributed by atoms with van der Waals surface area (Å²) in [5.41, 5.74) is 5.11. The number of nitrogens with zero attached hydrogens (tertiary/aromatic N) is 2. The third-order valence-electron chi connectivity index (χ3n) is 11.4. The number of aromatic nitrogens is 2. The SMILES string of the molecule is O=C([O-])CCCCCCC/C=C\CCCCCCCCc1cccc2cccnc12.O=C([O-])CCCCCCC/C=C\CCCCCCCCc1cccc2cccnc12.[Cu+2]. The summed E-state index contributed by atoms with van der Waals surface area (Å²) in [5.74, 6) is -1.84. The summed E-state index contributed by atoms with van der Waals surface area (Å²) in [4.78, 5) is 29.7. The summed E-state index contributed by atoms with van der Waals surface area (Å²) < 4.78 is 0. The molecule has 7 heteroatoms. The van der Waals surface area contributed by atoms with Crippen LogP contribution in [0, 0.1) is 0 Å². The van der Waals surface area contributed by atoms with Crippen LogP contribution in [0.1, 0.15) is 191 Å². The standard InChI is InChI=1S/2C27H39NO2.Cu/c2*29-26(30)22-15-13-11-9-7-5-3-1-2-4-6-8-10-12-14-18-24-19-16-20-25-21-17-23-28-27(24)25;/h2*1,3,16-17,19-21,23H,2,4-15,18,22H2,(H,29,30);/q;;+2/p-2/b2*3-1-;. The Morgan fingerprint density at radius 1 is 0.393 bits per heavy atom. The molecule has 0 aliphatic heterocycles. The number of aliphatic carboxylic acids is 2. The number of benzene rings is 2. The first-order valence-corrected chi connectivity index (χ1v) is 23.9. The molecule has 0 saturated carbocycles. The number of unbranched alkanes of at least 4 members (excludes halogenated alkanes) is 22. The Hall–Kier alpha value is -3.80. The molecular weight excluding hydrogens is 804 g/mol. The van der Waals surface area contributed by atoms with E-state index in [1.165, 1.54) is 149 Å². The molecule has 0 saturated heterocycles. The van der Waals surface area contributed by atoms with E-state index in [1.54, 1.807) is 0 Å². The third kappa shape index (κ3) is 27.0. The Bertz CT molecular complexity index is 1630. The first-order valence-electron chi connectivity index (χ1n) is 23.9. The van der Waals surface area contributed by atoms with Crippen LogP contribution in [0.25, 0.3) is 21.8 Å². The van der Waals surface area contributed by atoms with Gasteiger partial charge in [0.15, 0.2) is 0 Å². The van der Waals surface area contributed by atoms with Gasteiger partial charge < -0.3 is 19.8 Å². The molecule has 337 valence electrons. The van der Waals surface area contributed by atoms with Gasteiger partial charge in [-0.2, -0.15) is 0 Å². The summed E-state index contributed by atoms with van der Waals surface area (Å²) in [7, 11) is 0. The van der Waals surface area contributed by atoms with Crippen molar-refractivity contribution in [3.8, 4) is 0 Å². The average molecular weight is 881 g/mol. The molecule has 6 nitrogen and oxygen atoms in total. The zero-order valence-electron chi connectivity index (χ0n) is 37.3. The minimum atomic E-state index is -0.920. The van der Waals surface area contributed by atoms with E-state index >= 15 is 0 Å². The van der Waals surface area contributed by atoms with Gasteiger partial charge in [0, 0.05) is 35.1 Å². The fraction of sp³-hybridized carbons (Fsp3) is 0.556. The molecule has 0 N–H and O–H groups in total. The van der Waals surface area contributed by atoms with Gasteiger partial charge in [0.2, 0.25) is 0 Å². The number of carboxylic acid groups (broad SMARTS) is 2. The molecule has 0 spiro atoms. The number of rotatable bonds is 34. The second kappa shape index (κ2) is 36.8. The maximum atomic E-state index is 10.3. The number of hydrogen-bond donors (Lipinski definition) is 0. The number of para-hydroxylation sites is 2. The van der Waals surface area contributed by atoms with E-state index in [4.69, 9.17) is 0 Å². The molecule has 0 amide bonds. The van der Waals surface area contributed by atoms with Crippen LogP contribution in [0.4, 0.5) is 0 Å². The number of carbonyl (C=O) groups excluding carboxylic acids is 2. The maximum Gasteiger partial charge on any atom is 2.00 e. The Kier molecular flexibility index (Phi) is 32.2. The average Bonchev–Trinajstić information content (AvgIpc) is 3.26. The van der Waals surface area contributed by atoms with Gasteiger partial charge in [-0.05, 0) is 126 Å². The van der Waals surface area contributed by atoms with Crippen molar-refractivity contribution in [2.75, 3.05) is 0 Å². The molecule has 0 bridgehead atoms. The van der Waals surface area contributed by atoms with Gasteiger partial charge >= 0.3 is 17.1 Å². The topological polar surface area (TPSA) is 106 Å². The smallest absolute Gasteiger partial charge is 0.550 e. The monoisotopic (exact) mass is 880 g/mol. The molecule has 4 aromatic rings. The number of carbonyl (C=O) groups is 2. The van der Waals surface area contributed by atoms with Gasteiger partial charge in [-0.1, -0.05) is 163 Å². The molecule has 0 unspecified atom stereocenters. The molecule has 1 radical (unpaired) electrons. The molecule has 0 atom stereocenters. The zero-order valence-corrected chi connectivity index (χ0v) is 38.2. The second-order valence-corrected chi connectivity index (χ2v) is 16.6. The van der Waals surface area contributed by atoms with Gasteiger partial charge in [0.1, 0.15) is 0 Å². The summed E-state index contributed by atoms with van der Waals surface area (Å²) in [5, 5.41) is 23.1. The number of hydrogen-bond acceptors (Lipinski definition) is 6. The predicted octanol–water partition coefficient (Wildman–Crippen LogP) is 13.1. The Morgan fingerprint density at radius 3 is 1.03 bits per heavy atom. The predicted molar refractivity (Wildman–Crippen MR) is 248 cm³/mol. The van der Waals surface area contributed by atoms with Crippen molar-refractivity contribution in [2.45, 2.75) is 193 Å². The summed E-state index contributed by atoms with van der Waals surface area (Å²) in [6.45, 7) is 0. The van der Waals surface area contributed by atoms with Gasteiger partial charge in [-0.25, -0.2) is 0 Å². The summed E-state index contributed by atoms with van der Waals surface area (Å²) >= 11 is 0. The minimum absolute atomic E-state index is 0. The van der Waals surface area contributed by atoms with Crippen molar-refractivity contribution in [2.24, 2.45) is 0 Å². The van der Waals surface area contributed by atoms with Crippen LogP contribution in [0.3, 0.4) is 0 Å². The van der Waals surface area contributed by atoms with Crippen LogP contribution in [0.5, 0.6) is 0 Å². The molecule has 0 aliphatic carbocycles. The summed E-state index contributed by atoms with van der Waals surface area (Å²) in [6, 6.07) is 21.3. The molecule has 61 heavy (non-hydrogen) atoms. The molecular formula is C54H76CuN2O4. The molecule has 0 aliphatic rings. The van der Waals surface area contributed by atoms with Crippen molar-refractivity contribution in [3.05, 3.63) is 108 Å². The van der Waals surface area contributed by atoms with Crippen LogP contribution >= 0.6 is 0 Å². The van der Waals surface area contributed by atoms with Crippen molar-refractivity contribution in [1.82, 2.24) is 9.97 Å². The molecule has 2 aromatic carbocycles. The minimum Gasteiger partial charge on any atom is -0.550 e. The maximum absolute atomic E-state index is 10.3. The second-order valence-electron chi connectivity index (χ2n) is 16.6. The fourth-order valence-electron chi connectivity index (χ4n) is 7.90. The Balaban J connectivity index is 0.000000413. The first-order chi connectivity index (χ1) is 29.5. The normalized spacial score (nSPS) is 11.3. The van der Waals surface area contributed by atoms with E-state index in [0.717, 1.165) is 64.2 Å². The zero-order chi connectivity index (χ0) is 42.6. The van der Waals surface area contributed by atoms with Crippen LogP contribution in [0.2, 0.25) is 0 Å². The van der Waals surface area contributed by atoms with E-state index in [0.29, 0.717) is 0 Å². The van der Waals surface area contributed by atoms with Crippen molar-refractivity contribution < 1.29 is 36.9 Å². The van der Waals surface area contributed by atoms with Crippen molar-refractivity contribution in [3.63, 3.8) is 0 Å². The number of aryl methyl sites for hydroxylation is 2. The van der Waals surface area contributed by atoms with Gasteiger partial charge in [0.05, 0.1) is 11.0 Å². The number of carboxylic acids is 2. The summed E-state index contributed by atoms with van der Waals surface area (Å²) in [6.07, 6.45) is 46.9. The van der Waals surface area contributed by atoms with Crippen molar-refractivity contribution in [1.29, 1.82) is 0 Å². The number of pyridine rings is 2. The largest absolute Gasteiger partial charge is 2.00 e. The van der Waals surface area contributed by atoms with Crippen LogP contribution in [-0.2, 0) is 39.5 Å². The van der Waals surface area contributed by atoms with E-state index < -0.39 is 11.9 Å². The first kappa shape index (κ1) is 53.3. The van der Waals surface area contributed by atoms with Gasteiger partial charge in [-0.15, -0.1) is 0 Å². The van der Waals surface area contributed by atoms with E-state index in [-0.39, 0.29) is 29.9 Å². The van der Waals surface area contributed by atoms with Crippen LogP contribution < -0.4 is 10.2 Å². The Morgan fingerprint density at radius 2 is 0.689 bits per heavy atom. The number of allylic oxidation sites excluding steroid dienone is 4. The van der Waals surface area contributed by atoms with E-state index in [2.05, 4.69) is 82.8 Å². The molecule has 4 rings (SSSR count). The van der Waals surface area contributed by atoms with Gasteiger partial charge in [0.25, 0.3) is 0 Å². The van der Waals surface area contributed by atoms with E-state index in [9.17, 15) is 19.8 Å². The third-order valence-corrected chi connectivity index (χ3v) is 11.4. The Labute approximate surface area is 380 Å². The molecule has 2 aromatic heterocycles. The number of fused-ring (bicyclic) bond motifs is 2. The molecule has 2 heterocycles. The fourth-order valence-corrected chi connectivity index (χ4v) is 7.90. The van der Waals surface area contributed by atoms with Gasteiger partial charge in [-0.3, -0.25) is 9.97 Å². The van der Waals surface area contributed by atoms with Crippen LogP contribution in [0.15, 0.2) is 97.4 Å². The van der Waals surface area contributed by atoms with Crippen molar-refractivity contribution >= 4 is 33.7 Å². The van der Waals surface area contributed by atoms with E-state index in [1.807, 2.05) is 24.5 Å². The van der Waals surface area contributed by atoms with Crippen LogP contribution in [-0.4, -0.2) is 21.9 Å². The quantitative estimate of drug-likeness (QED) is 0.0263. The molecule has 0 fully saturated rings.